The summed E-state index contributed by atoms with van der Waals surface area (Å²) < 4.78 is 41.2. The summed E-state index contributed by atoms with van der Waals surface area (Å²) in [7, 11) is -3.75. The monoisotopic (exact) mass is 499 g/mol. The Bertz CT molecular complexity index is 1200. The van der Waals surface area contributed by atoms with Gasteiger partial charge in [0.05, 0.1) is 8.71 Å². The van der Waals surface area contributed by atoms with Crippen LogP contribution in [0, 0.1) is 15.9 Å². The average Bonchev–Trinajstić information content (AvgIpc) is 3.11. The van der Waals surface area contributed by atoms with Gasteiger partial charge in [0.25, 0.3) is 15.9 Å². The molecule has 1 aromatic heterocycles. The Hall–Kier alpha value is -2.83. The number of carbonyl (C=O) groups is 1. The highest BCUT2D eigenvalue weighted by Gasteiger charge is 2.18. The molecule has 0 saturated heterocycles. The number of thiophene rings is 1. The van der Waals surface area contributed by atoms with Crippen LogP contribution in [0.25, 0.3) is 0 Å². The molecule has 0 atom stereocenters. The SMILES string of the molecule is O=C(Nc1ccc(F)c([N+](=O)[O-])c1)c1ccc(NS(=O)(=O)c2ccc(Br)s2)cc1. The molecule has 0 radical (unpaired) electrons. The number of sulfonamides is 1. The molecule has 12 heteroatoms. The van der Waals surface area contributed by atoms with E-state index in [9.17, 15) is 27.7 Å². The third-order valence-electron chi connectivity index (χ3n) is 3.61. The molecule has 1 heterocycles. The third kappa shape index (κ3) is 4.96. The van der Waals surface area contributed by atoms with Gasteiger partial charge in [-0.2, -0.15) is 4.39 Å². The zero-order valence-corrected chi connectivity index (χ0v) is 17.5. The topological polar surface area (TPSA) is 118 Å². The highest BCUT2D eigenvalue weighted by molar-refractivity contribution is 9.11. The van der Waals surface area contributed by atoms with E-state index in [1.807, 2.05) is 0 Å². The van der Waals surface area contributed by atoms with E-state index in [-0.39, 0.29) is 21.1 Å². The summed E-state index contributed by atoms with van der Waals surface area (Å²) >= 11 is 4.26. The number of nitrogens with one attached hydrogen (secondary N) is 2. The number of nitro benzene ring substituents is 1. The van der Waals surface area contributed by atoms with E-state index < -0.39 is 32.4 Å². The lowest BCUT2D eigenvalue weighted by Crippen LogP contribution is -2.13. The Kier molecular flexibility index (Phi) is 5.96. The van der Waals surface area contributed by atoms with Crippen molar-refractivity contribution < 1.29 is 22.5 Å². The van der Waals surface area contributed by atoms with Crippen LogP contribution in [0.3, 0.4) is 0 Å². The normalized spacial score (nSPS) is 11.1. The van der Waals surface area contributed by atoms with Crippen LogP contribution < -0.4 is 10.0 Å². The first-order valence-electron chi connectivity index (χ1n) is 7.79. The molecule has 0 fully saturated rings. The van der Waals surface area contributed by atoms with Gasteiger partial charge in [0.15, 0.2) is 0 Å². The average molecular weight is 500 g/mol. The molecule has 8 nitrogen and oxygen atoms in total. The van der Waals surface area contributed by atoms with Crippen molar-refractivity contribution in [1.29, 1.82) is 0 Å². The number of benzene rings is 2. The first kappa shape index (κ1) is 20.9. The maximum atomic E-state index is 13.4. The zero-order valence-electron chi connectivity index (χ0n) is 14.3. The second kappa shape index (κ2) is 8.27. The third-order valence-corrected chi connectivity index (χ3v) is 7.11. The predicted octanol–water partition coefficient (Wildman–Crippen LogP) is 4.61. The second-order valence-electron chi connectivity index (χ2n) is 5.62. The molecule has 0 saturated carbocycles. The summed E-state index contributed by atoms with van der Waals surface area (Å²) in [6.07, 6.45) is 0. The highest BCUT2D eigenvalue weighted by Crippen LogP contribution is 2.28. The Labute approximate surface area is 176 Å². The number of nitro groups is 1. The van der Waals surface area contributed by atoms with Crippen molar-refractivity contribution in [1.82, 2.24) is 0 Å². The maximum Gasteiger partial charge on any atom is 0.306 e. The van der Waals surface area contributed by atoms with Crippen molar-refractivity contribution in [3.63, 3.8) is 0 Å². The van der Waals surface area contributed by atoms with Gasteiger partial charge in [-0.05, 0) is 64.5 Å². The Balaban J connectivity index is 1.72. The van der Waals surface area contributed by atoms with Gasteiger partial charge >= 0.3 is 5.69 Å². The molecule has 3 aromatic rings. The molecule has 29 heavy (non-hydrogen) atoms. The molecule has 2 N–H and O–H groups in total. The van der Waals surface area contributed by atoms with Crippen molar-refractivity contribution in [3.8, 4) is 0 Å². The van der Waals surface area contributed by atoms with E-state index in [1.54, 1.807) is 6.07 Å². The number of rotatable bonds is 6. The zero-order chi connectivity index (χ0) is 21.2. The molecule has 0 aliphatic heterocycles. The molecule has 0 unspecified atom stereocenters. The largest absolute Gasteiger partial charge is 0.322 e. The van der Waals surface area contributed by atoms with Crippen LogP contribution in [0.15, 0.2) is 62.6 Å². The van der Waals surface area contributed by atoms with Crippen molar-refractivity contribution in [2.75, 3.05) is 10.0 Å². The predicted molar refractivity (Wildman–Crippen MR) is 110 cm³/mol. The number of nitrogens with zero attached hydrogens (tertiary/aromatic N) is 1. The van der Waals surface area contributed by atoms with E-state index in [0.29, 0.717) is 3.79 Å². The van der Waals surface area contributed by atoms with Gasteiger partial charge in [0.1, 0.15) is 4.21 Å². The van der Waals surface area contributed by atoms with Gasteiger partial charge in [0.2, 0.25) is 5.82 Å². The standard InChI is InChI=1S/C17H11BrFN3O5S2/c18-15-7-8-16(28-15)29(26,27)21-11-3-1-10(2-4-11)17(23)20-12-5-6-13(19)14(9-12)22(24)25/h1-9,21H,(H,20,23). The molecule has 1 amide bonds. The fourth-order valence-corrected chi connectivity index (χ4v) is 5.34. The second-order valence-corrected chi connectivity index (χ2v) is 9.99. The van der Waals surface area contributed by atoms with Gasteiger partial charge in [-0.1, -0.05) is 0 Å². The lowest BCUT2D eigenvalue weighted by molar-refractivity contribution is -0.387. The lowest BCUT2D eigenvalue weighted by Gasteiger charge is -2.08. The summed E-state index contributed by atoms with van der Waals surface area (Å²) in [6.45, 7) is 0. The number of hydrogen-bond donors (Lipinski definition) is 2. The number of anilines is 2. The number of amides is 1. The van der Waals surface area contributed by atoms with E-state index in [4.69, 9.17) is 0 Å². The van der Waals surface area contributed by atoms with Crippen LogP contribution in [0.1, 0.15) is 10.4 Å². The Morgan fingerprint density at radius 2 is 1.72 bits per heavy atom. The Morgan fingerprint density at radius 3 is 2.31 bits per heavy atom. The van der Waals surface area contributed by atoms with Crippen molar-refractivity contribution in [2.24, 2.45) is 0 Å². The van der Waals surface area contributed by atoms with Crippen molar-refractivity contribution >= 4 is 60.3 Å². The van der Waals surface area contributed by atoms with Crippen LogP contribution in [0.2, 0.25) is 0 Å². The molecule has 3 rings (SSSR count). The van der Waals surface area contributed by atoms with Crippen molar-refractivity contribution in [2.45, 2.75) is 4.21 Å². The summed E-state index contributed by atoms with van der Waals surface area (Å²) in [6, 6.07) is 11.6. The van der Waals surface area contributed by atoms with Crippen LogP contribution in [-0.4, -0.2) is 19.2 Å². The van der Waals surface area contributed by atoms with E-state index >= 15 is 0 Å². The highest BCUT2D eigenvalue weighted by atomic mass is 79.9. The Morgan fingerprint density at radius 1 is 1.07 bits per heavy atom. The first-order valence-corrected chi connectivity index (χ1v) is 10.9. The van der Waals surface area contributed by atoms with Crippen molar-refractivity contribution in [3.05, 3.63) is 79.9 Å². The molecule has 0 aliphatic carbocycles. The number of hydrogen-bond acceptors (Lipinski definition) is 6. The quantitative estimate of drug-likeness (QED) is 0.379. The summed E-state index contributed by atoms with van der Waals surface area (Å²) in [5.74, 6) is -1.61. The molecule has 0 spiro atoms. The lowest BCUT2D eigenvalue weighted by atomic mass is 10.2. The van der Waals surface area contributed by atoms with Gasteiger partial charge in [-0.3, -0.25) is 19.6 Å². The van der Waals surface area contributed by atoms with Gasteiger partial charge < -0.3 is 5.32 Å². The number of halogens is 2. The maximum absolute atomic E-state index is 13.4. The fraction of sp³-hybridized carbons (Fsp3) is 0. The first-order chi connectivity index (χ1) is 13.7. The van der Waals surface area contributed by atoms with Gasteiger partial charge in [0, 0.05) is 23.0 Å². The molecular formula is C17H11BrFN3O5S2. The summed E-state index contributed by atoms with van der Waals surface area (Å²) in [5.41, 5.74) is -0.272. The van der Waals surface area contributed by atoms with Gasteiger partial charge in [-0.15, -0.1) is 11.3 Å². The van der Waals surface area contributed by atoms with Gasteiger partial charge in [-0.25, -0.2) is 8.42 Å². The molecular weight excluding hydrogens is 489 g/mol. The molecule has 150 valence electrons. The van der Waals surface area contributed by atoms with Crippen LogP contribution in [0.5, 0.6) is 0 Å². The number of carbonyl (C=O) groups excluding carboxylic acids is 1. The fourth-order valence-electron chi connectivity index (χ4n) is 2.27. The molecule has 0 aliphatic rings. The smallest absolute Gasteiger partial charge is 0.306 e. The van der Waals surface area contributed by atoms with E-state index in [1.165, 1.54) is 36.4 Å². The van der Waals surface area contributed by atoms with E-state index in [2.05, 4.69) is 26.0 Å². The minimum Gasteiger partial charge on any atom is -0.322 e. The summed E-state index contributed by atoms with van der Waals surface area (Å²) in [5, 5.41) is 13.2. The minimum atomic E-state index is -3.75. The molecule has 0 bridgehead atoms. The summed E-state index contributed by atoms with van der Waals surface area (Å²) in [4.78, 5) is 22.2. The minimum absolute atomic E-state index is 0.0520. The molecule has 2 aromatic carbocycles. The van der Waals surface area contributed by atoms with E-state index in [0.717, 1.165) is 23.5 Å². The van der Waals surface area contributed by atoms with Crippen LogP contribution in [-0.2, 0) is 10.0 Å². The van der Waals surface area contributed by atoms with Crippen LogP contribution >= 0.6 is 27.3 Å². The van der Waals surface area contributed by atoms with Crippen LogP contribution in [0.4, 0.5) is 21.5 Å².